The third-order valence-electron chi connectivity index (χ3n) is 3.93. The molecule has 1 heterocycles. The van der Waals surface area contributed by atoms with E-state index in [0.29, 0.717) is 13.2 Å². The largest absolute Gasteiger partial charge is 0.493 e. The van der Waals surface area contributed by atoms with Crippen LogP contribution in [0.3, 0.4) is 0 Å². The fourth-order valence-corrected chi connectivity index (χ4v) is 2.64. The molecular weight excluding hydrogens is 467 g/mol. The van der Waals surface area contributed by atoms with Crippen LogP contribution in [0.4, 0.5) is 0 Å². The third kappa shape index (κ3) is 8.33. The van der Waals surface area contributed by atoms with E-state index in [1.165, 1.54) is 5.56 Å². The molecule has 0 fully saturated rings. The standard InChI is InChI=1S/C21H30N4O2.HI/c1-4-22-21(25-16-18-10-6-7-13-23-18)24-14-8-9-17-11-12-19(26-3)20(15-17)27-5-2;/h6-7,10-13,15H,4-5,8-9,14,16H2,1-3H3,(H2,22,24,25);1H. The fourth-order valence-electron chi connectivity index (χ4n) is 2.64. The first-order valence-electron chi connectivity index (χ1n) is 9.48. The van der Waals surface area contributed by atoms with Gasteiger partial charge in [0, 0.05) is 19.3 Å². The molecular formula is C21H31IN4O2. The zero-order valence-electron chi connectivity index (χ0n) is 16.9. The number of pyridine rings is 1. The lowest BCUT2D eigenvalue weighted by molar-refractivity contribution is 0.310. The van der Waals surface area contributed by atoms with Crippen molar-refractivity contribution in [2.75, 3.05) is 26.8 Å². The van der Waals surface area contributed by atoms with Crippen molar-refractivity contribution < 1.29 is 9.47 Å². The summed E-state index contributed by atoms with van der Waals surface area (Å²) in [6.45, 7) is 6.88. The van der Waals surface area contributed by atoms with Gasteiger partial charge in [-0.1, -0.05) is 12.1 Å². The van der Waals surface area contributed by atoms with Gasteiger partial charge in [0.1, 0.15) is 0 Å². The molecule has 2 rings (SSSR count). The molecule has 0 aliphatic heterocycles. The Balaban J connectivity index is 0.00000392. The fraction of sp³-hybridized carbons (Fsp3) is 0.429. The minimum Gasteiger partial charge on any atom is -0.493 e. The van der Waals surface area contributed by atoms with Crippen LogP contribution in [0.15, 0.2) is 47.6 Å². The number of hydrogen-bond acceptors (Lipinski definition) is 4. The molecule has 0 saturated heterocycles. The Morgan fingerprint density at radius 3 is 2.64 bits per heavy atom. The lowest BCUT2D eigenvalue weighted by Crippen LogP contribution is -2.37. The second-order valence-corrected chi connectivity index (χ2v) is 5.96. The van der Waals surface area contributed by atoms with E-state index in [2.05, 4.69) is 39.7 Å². The molecule has 1 aromatic heterocycles. The van der Waals surface area contributed by atoms with E-state index in [1.807, 2.05) is 31.2 Å². The quantitative estimate of drug-likeness (QED) is 0.226. The van der Waals surface area contributed by atoms with Crippen molar-refractivity contribution in [2.24, 2.45) is 4.99 Å². The van der Waals surface area contributed by atoms with Gasteiger partial charge in [-0.3, -0.25) is 4.98 Å². The number of guanidine groups is 1. The Morgan fingerprint density at radius 2 is 1.96 bits per heavy atom. The number of benzene rings is 1. The molecule has 0 atom stereocenters. The van der Waals surface area contributed by atoms with Gasteiger partial charge in [0.25, 0.3) is 0 Å². The Morgan fingerprint density at radius 1 is 1.11 bits per heavy atom. The van der Waals surface area contributed by atoms with Crippen LogP contribution in [0.25, 0.3) is 0 Å². The van der Waals surface area contributed by atoms with Crippen molar-refractivity contribution in [2.45, 2.75) is 33.2 Å². The number of ether oxygens (including phenoxy) is 2. The van der Waals surface area contributed by atoms with E-state index in [0.717, 1.165) is 49.1 Å². The molecule has 6 nitrogen and oxygen atoms in total. The van der Waals surface area contributed by atoms with Crippen LogP contribution in [0.5, 0.6) is 11.5 Å². The van der Waals surface area contributed by atoms with Gasteiger partial charge in [-0.25, -0.2) is 4.99 Å². The van der Waals surface area contributed by atoms with Gasteiger partial charge in [0.2, 0.25) is 0 Å². The van der Waals surface area contributed by atoms with Gasteiger partial charge in [-0.2, -0.15) is 0 Å². The monoisotopic (exact) mass is 498 g/mol. The molecule has 0 unspecified atom stereocenters. The molecule has 154 valence electrons. The van der Waals surface area contributed by atoms with Crippen LogP contribution < -0.4 is 20.1 Å². The van der Waals surface area contributed by atoms with E-state index in [-0.39, 0.29) is 24.0 Å². The van der Waals surface area contributed by atoms with Crippen molar-refractivity contribution in [1.82, 2.24) is 15.6 Å². The minimum atomic E-state index is 0. The number of methoxy groups -OCH3 is 1. The highest BCUT2D eigenvalue weighted by Gasteiger charge is 2.05. The molecule has 1 aromatic carbocycles. The number of aliphatic imine (C=N–C) groups is 1. The lowest BCUT2D eigenvalue weighted by Gasteiger charge is -2.13. The van der Waals surface area contributed by atoms with Gasteiger partial charge in [-0.15, -0.1) is 24.0 Å². The van der Waals surface area contributed by atoms with Crippen LogP contribution in [-0.4, -0.2) is 37.7 Å². The molecule has 0 amide bonds. The molecule has 0 aliphatic carbocycles. The molecule has 0 radical (unpaired) electrons. The Labute approximate surface area is 185 Å². The van der Waals surface area contributed by atoms with Gasteiger partial charge >= 0.3 is 0 Å². The topological polar surface area (TPSA) is 67.8 Å². The predicted molar refractivity (Wildman–Crippen MR) is 125 cm³/mol. The number of nitrogens with zero attached hydrogens (tertiary/aromatic N) is 2. The van der Waals surface area contributed by atoms with E-state index >= 15 is 0 Å². The second kappa shape index (κ2) is 14.0. The van der Waals surface area contributed by atoms with Crippen LogP contribution in [0.2, 0.25) is 0 Å². The maximum atomic E-state index is 5.64. The number of nitrogens with one attached hydrogen (secondary N) is 2. The van der Waals surface area contributed by atoms with Crippen molar-refractivity contribution in [3.8, 4) is 11.5 Å². The van der Waals surface area contributed by atoms with Crippen molar-refractivity contribution in [3.05, 3.63) is 53.9 Å². The highest BCUT2D eigenvalue weighted by atomic mass is 127. The smallest absolute Gasteiger partial charge is 0.191 e. The highest BCUT2D eigenvalue weighted by molar-refractivity contribution is 14.0. The van der Waals surface area contributed by atoms with Crippen LogP contribution in [0.1, 0.15) is 31.5 Å². The first-order chi connectivity index (χ1) is 13.3. The van der Waals surface area contributed by atoms with Crippen LogP contribution in [0, 0.1) is 0 Å². The summed E-state index contributed by atoms with van der Waals surface area (Å²) in [6, 6.07) is 12.0. The number of aromatic nitrogens is 1. The Kier molecular flexibility index (Phi) is 12.0. The minimum absolute atomic E-state index is 0. The van der Waals surface area contributed by atoms with Gasteiger partial charge in [-0.05, 0) is 56.5 Å². The molecule has 0 aliphatic rings. The summed E-state index contributed by atoms with van der Waals surface area (Å²) in [5, 5.41) is 6.65. The van der Waals surface area contributed by atoms with Crippen LogP contribution >= 0.6 is 24.0 Å². The number of hydrogen-bond donors (Lipinski definition) is 2. The zero-order valence-corrected chi connectivity index (χ0v) is 19.2. The molecule has 0 saturated carbocycles. The summed E-state index contributed by atoms with van der Waals surface area (Å²) >= 11 is 0. The van der Waals surface area contributed by atoms with E-state index in [1.54, 1.807) is 13.3 Å². The van der Waals surface area contributed by atoms with Gasteiger partial charge in [0.15, 0.2) is 17.5 Å². The third-order valence-corrected chi connectivity index (χ3v) is 3.93. The normalized spacial score (nSPS) is 10.8. The maximum absolute atomic E-state index is 5.64. The molecule has 2 N–H and O–H groups in total. The summed E-state index contributed by atoms with van der Waals surface area (Å²) in [5.74, 6) is 2.39. The number of halogens is 1. The molecule has 7 heteroatoms. The van der Waals surface area contributed by atoms with Gasteiger partial charge < -0.3 is 20.1 Å². The summed E-state index contributed by atoms with van der Waals surface area (Å²) in [7, 11) is 1.66. The Hall–Kier alpha value is -2.03. The number of aryl methyl sites for hydroxylation is 1. The average molecular weight is 498 g/mol. The summed E-state index contributed by atoms with van der Waals surface area (Å²) in [4.78, 5) is 8.88. The summed E-state index contributed by atoms with van der Waals surface area (Å²) in [5.41, 5.74) is 2.19. The van der Waals surface area contributed by atoms with Gasteiger partial charge in [0.05, 0.1) is 26.0 Å². The van der Waals surface area contributed by atoms with E-state index in [9.17, 15) is 0 Å². The maximum Gasteiger partial charge on any atom is 0.191 e. The van der Waals surface area contributed by atoms with Crippen LogP contribution in [-0.2, 0) is 13.0 Å². The molecule has 28 heavy (non-hydrogen) atoms. The first kappa shape index (κ1) is 24.0. The molecule has 2 aromatic rings. The van der Waals surface area contributed by atoms with E-state index in [4.69, 9.17) is 9.47 Å². The average Bonchev–Trinajstić information content (AvgIpc) is 2.70. The predicted octanol–water partition coefficient (Wildman–Crippen LogP) is 3.79. The van der Waals surface area contributed by atoms with E-state index < -0.39 is 0 Å². The molecule has 0 spiro atoms. The van der Waals surface area contributed by atoms with Crippen molar-refractivity contribution in [1.29, 1.82) is 0 Å². The summed E-state index contributed by atoms with van der Waals surface area (Å²) < 4.78 is 11.0. The zero-order chi connectivity index (χ0) is 19.3. The lowest BCUT2D eigenvalue weighted by atomic mass is 10.1. The highest BCUT2D eigenvalue weighted by Crippen LogP contribution is 2.28. The SMILES string of the molecule is CCNC(=NCc1ccccn1)NCCCc1ccc(OC)c(OCC)c1.I. The Bertz CT molecular complexity index is 711. The van der Waals surface area contributed by atoms with Crippen molar-refractivity contribution in [3.63, 3.8) is 0 Å². The summed E-state index contributed by atoms with van der Waals surface area (Å²) in [6.07, 6.45) is 3.74. The first-order valence-corrected chi connectivity index (χ1v) is 9.48. The number of rotatable bonds is 10. The van der Waals surface area contributed by atoms with Crippen molar-refractivity contribution >= 4 is 29.9 Å². The second-order valence-electron chi connectivity index (χ2n) is 5.96. The molecule has 0 bridgehead atoms.